The van der Waals surface area contributed by atoms with E-state index in [1.807, 2.05) is 11.6 Å². The number of aliphatic hydroxyl groups excluding tert-OH is 2. The molecular formula is C11H20BrN3O2. The van der Waals surface area contributed by atoms with Gasteiger partial charge >= 0.3 is 0 Å². The second-order valence-corrected chi connectivity index (χ2v) is 4.61. The summed E-state index contributed by atoms with van der Waals surface area (Å²) in [6.45, 7) is 5.34. The summed E-state index contributed by atoms with van der Waals surface area (Å²) in [6, 6.07) is -0.285. The maximum absolute atomic E-state index is 8.99. The predicted molar refractivity (Wildman–Crippen MR) is 69.8 cm³/mol. The van der Waals surface area contributed by atoms with Crippen LogP contribution < -0.4 is 5.32 Å². The molecule has 0 aliphatic carbocycles. The van der Waals surface area contributed by atoms with Crippen molar-refractivity contribution in [2.24, 2.45) is 0 Å². The van der Waals surface area contributed by atoms with Crippen LogP contribution in [-0.4, -0.2) is 39.2 Å². The van der Waals surface area contributed by atoms with Gasteiger partial charge in [-0.3, -0.25) is 4.68 Å². The molecule has 1 rings (SSSR count). The molecule has 0 spiro atoms. The molecule has 5 nitrogen and oxygen atoms in total. The van der Waals surface area contributed by atoms with Gasteiger partial charge in [-0.05, 0) is 29.3 Å². The Kier molecular flexibility index (Phi) is 6.11. The van der Waals surface area contributed by atoms with E-state index in [4.69, 9.17) is 10.2 Å². The third kappa shape index (κ3) is 3.51. The molecule has 0 amide bonds. The Labute approximate surface area is 110 Å². The number of aryl methyl sites for hydroxylation is 2. The first-order valence-electron chi connectivity index (χ1n) is 5.86. The lowest BCUT2D eigenvalue weighted by Crippen LogP contribution is -2.35. The standard InChI is InChI=1S/C11H20BrN3O2/c1-3-9-11(12)10(15(4-2)14-9)5-13-8(6-16)7-17/h8,13,16-17H,3-7H2,1-2H3. The van der Waals surface area contributed by atoms with E-state index in [1.54, 1.807) is 0 Å². The molecule has 1 aromatic rings. The molecule has 0 aliphatic heterocycles. The van der Waals surface area contributed by atoms with Crippen LogP contribution in [0, 0.1) is 0 Å². The molecule has 0 radical (unpaired) electrons. The number of hydrogen-bond acceptors (Lipinski definition) is 4. The summed E-state index contributed by atoms with van der Waals surface area (Å²) in [5, 5.41) is 25.6. The van der Waals surface area contributed by atoms with Crippen LogP contribution in [0.15, 0.2) is 4.47 Å². The van der Waals surface area contributed by atoms with E-state index >= 15 is 0 Å². The summed E-state index contributed by atoms with van der Waals surface area (Å²) in [7, 11) is 0. The maximum Gasteiger partial charge on any atom is 0.0767 e. The van der Waals surface area contributed by atoms with E-state index in [2.05, 4.69) is 33.3 Å². The Morgan fingerprint density at radius 1 is 1.35 bits per heavy atom. The first kappa shape index (κ1) is 14.6. The number of rotatable bonds is 7. The molecule has 0 atom stereocenters. The molecule has 1 heterocycles. The van der Waals surface area contributed by atoms with Gasteiger partial charge in [0.05, 0.1) is 35.1 Å². The lowest BCUT2D eigenvalue weighted by molar-refractivity contribution is 0.169. The van der Waals surface area contributed by atoms with Crippen LogP contribution in [0.3, 0.4) is 0 Å². The van der Waals surface area contributed by atoms with E-state index in [0.29, 0.717) is 6.54 Å². The van der Waals surface area contributed by atoms with Crippen LogP contribution >= 0.6 is 15.9 Å². The molecule has 6 heteroatoms. The van der Waals surface area contributed by atoms with Gasteiger partial charge in [-0.2, -0.15) is 5.10 Å². The summed E-state index contributed by atoms with van der Waals surface area (Å²) in [4.78, 5) is 0. The molecular weight excluding hydrogens is 286 g/mol. The molecule has 1 aromatic heterocycles. The lowest BCUT2D eigenvalue weighted by atomic mass is 10.2. The van der Waals surface area contributed by atoms with Gasteiger partial charge in [0.1, 0.15) is 0 Å². The van der Waals surface area contributed by atoms with E-state index in [1.165, 1.54) is 0 Å². The summed E-state index contributed by atoms with van der Waals surface area (Å²) in [5.74, 6) is 0. The number of nitrogens with zero attached hydrogens (tertiary/aromatic N) is 2. The van der Waals surface area contributed by atoms with Crippen molar-refractivity contribution in [1.82, 2.24) is 15.1 Å². The van der Waals surface area contributed by atoms with Crippen LogP contribution in [0.2, 0.25) is 0 Å². The topological polar surface area (TPSA) is 70.3 Å². The summed E-state index contributed by atoms with van der Waals surface area (Å²) in [5.41, 5.74) is 2.09. The Bertz CT molecular complexity index is 351. The Morgan fingerprint density at radius 2 is 2.00 bits per heavy atom. The summed E-state index contributed by atoms with van der Waals surface area (Å²) in [6.07, 6.45) is 0.879. The van der Waals surface area contributed by atoms with Crippen molar-refractivity contribution in [2.75, 3.05) is 13.2 Å². The van der Waals surface area contributed by atoms with Gasteiger partial charge in [0.25, 0.3) is 0 Å². The third-order valence-electron chi connectivity index (χ3n) is 2.69. The molecule has 3 N–H and O–H groups in total. The second-order valence-electron chi connectivity index (χ2n) is 3.82. The van der Waals surface area contributed by atoms with Crippen LogP contribution in [0.4, 0.5) is 0 Å². The lowest BCUT2D eigenvalue weighted by Gasteiger charge is -2.14. The second kappa shape index (κ2) is 7.10. The van der Waals surface area contributed by atoms with E-state index < -0.39 is 0 Å². The van der Waals surface area contributed by atoms with Gasteiger partial charge in [-0.1, -0.05) is 6.92 Å². The maximum atomic E-state index is 8.99. The highest BCUT2D eigenvalue weighted by Gasteiger charge is 2.14. The average molecular weight is 306 g/mol. The molecule has 0 aliphatic rings. The molecule has 17 heavy (non-hydrogen) atoms. The van der Waals surface area contributed by atoms with Crippen molar-refractivity contribution in [1.29, 1.82) is 0 Å². The van der Waals surface area contributed by atoms with Crippen molar-refractivity contribution in [3.63, 3.8) is 0 Å². The number of nitrogens with one attached hydrogen (secondary N) is 1. The van der Waals surface area contributed by atoms with E-state index in [9.17, 15) is 0 Å². The zero-order valence-electron chi connectivity index (χ0n) is 10.3. The van der Waals surface area contributed by atoms with Crippen molar-refractivity contribution < 1.29 is 10.2 Å². The fourth-order valence-corrected chi connectivity index (χ4v) is 2.32. The SMILES string of the molecule is CCc1nn(CC)c(CNC(CO)CO)c1Br. The molecule has 0 aromatic carbocycles. The number of halogens is 1. The highest BCUT2D eigenvalue weighted by atomic mass is 79.9. The molecule has 0 unspecified atom stereocenters. The minimum Gasteiger partial charge on any atom is -0.395 e. The Morgan fingerprint density at radius 3 is 2.47 bits per heavy atom. The minimum absolute atomic E-state index is 0.0744. The quantitative estimate of drug-likeness (QED) is 0.692. The van der Waals surface area contributed by atoms with Crippen molar-refractivity contribution in [2.45, 2.75) is 39.4 Å². The molecule has 0 saturated carbocycles. The van der Waals surface area contributed by atoms with Gasteiger partial charge in [-0.25, -0.2) is 0 Å². The molecule has 0 fully saturated rings. The Balaban J connectivity index is 2.78. The largest absolute Gasteiger partial charge is 0.395 e. The predicted octanol–water partition coefficient (Wildman–Crippen LogP) is 0.671. The number of aromatic nitrogens is 2. The number of hydrogen-bond donors (Lipinski definition) is 3. The number of aliphatic hydroxyl groups is 2. The Hall–Kier alpha value is -0.430. The molecule has 0 bridgehead atoms. The fourth-order valence-electron chi connectivity index (χ4n) is 1.61. The van der Waals surface area contributed by atoms with Crippen molar-refractivity contribution >= 4 is 15.9 Å². The highest BCUT2D eigenvalue weighted by Crippen LogP contribution is 2.22. The van der Waals surface area contributed by atoms with Crippen LogP contribution in [-0.2, 0) is 19.5 Å². The average Bonchev–Trinajstić information content (AvgIpc) is 2.67. The first-order valence-corrected chi connectivity index (χ1v) is 6.66. The smallest absolute Gasteiger partial charge is 0.0767 e. The summed E-state index contributed by atoms with van der Waals surface area (Å²) >= 11 is 3.55. The van der Waals surface area contributed by atoms with Gasteiger partial charge in [0.15, 0.2) is 0 Å². The molecule has 98 valence electrons. The van der Waals surface area contributed by atoms with Crippen LogP contribution in [0.25, 0.3) is 0 Å². The van der Waals surface area contributed by atoms with Crippen LogP contribution in [0.1, 0.15) is 25.2 Å². The van der Waals surface area contributed by atoms with Gasteiger partial charge < -0.3 is 15.5 Å². The highest BCUT2D eigenvalue weighted by molar-refractivity contribution is 9.10. The van der Waals surface area contributed by atoms with Gasteiger partial charge in [0, 0.05) is 13.1 Å². The monoisotopic (exact) mass is 305 g/mol. The zero-order valence-corrected chi connectivity index (χ0v) is 11.9. The van der Waals surface area contributed by atoms with E-state index in [0.717, 1.165) is 28.8 Å². The normalized spacial score (nSPS) is 11.4. The van der Waals surface area contributed by atoms with Crippen molar-refractivity contribution in [3.05, 3.63) is 15.9 Å². The zero-order chi connectivity index (χ0) is 12.8. The van der Waals surface area contributed by atoms with Crippen molar-refractivity contribution in [3.8, 4) is 0 Å². The third-order valence-corrected chi connectivity index (χ3v) is 3.61. The van der Waals surface area contributed by atoms with E-state index in [-0.39, 0.29) is 19.3 Å². The first-order chi connectivity index (χ1) is 8.17. The van der Waals surface area contributed by atoms with Crippen LogP contribution in [0.5, 0.6) is 0 Å². The summed E-state index contributed by atoms with van der Waals surface area (Å²) < 4.78 is 2.95. The minimum atomic E-state index is -0.285. The van der Waals surface area contributed by atoms with Gasteiger partial charge in [-0.15, -0.1) is 0 Å². The fraction of sp³-hybridized carbons (Fsp3) is 0.727. The molecule has 0 saturated heterocycles. The van der Waals surface area contributed by atoms with Gasteiger partial charge in [0.2, 0.25) is 0 Å².